The van der Waals surface area contributed by atoms with Crippen LogP contribution in [0.1, 0.15) is 37.5 Å². The van der Waals surface area contributed by atoms with Crippen LogP contribution in [0.2, 0.25) is 0 Å². The summed E-state index contributed by atoms with van der Waals surface area (Å²) < 4.78 is 11.4. The van der Waals surface area contributed by atoms with E-state index in [9.17, 15) is 5.11 Å². The molecule has 0 heterocycles. The highest BCUT2D eigenvalue weighted by atomic mass is 16.5. The van der Waals surface area contributed by atoms with E-state index in [2.05, 4.69) is 6.92 Å². The van der Waals surface area contributed by atoms with Crippen molar-refractivity contribution >= 4 is 0 Å². The Balaban J connectivity index is 2.34. The maximum Gasteiger partial charge on any atom is 0.169 e. The number of ether oxygens (including phenoxy) is 2. The van der Waals surface area contributed by atoms with Crippen LogP contribution in [0.25, 0.3) is 0 Å². The molecule has 0 aliphatic heterocycles. The van der Waals surface area contributed by atoms with Gasteiger partial charge in [0, 0.05) is 5.56 Å². The highest BCUT2D eigenvalue weighted by Gasteiger charge is 2.13. The zero-order valence-corrected chi connectivity index (χ0v) is 12.8. The Bertz CT molecular complexity index is 593. The molecule has 1 unspecified atom stereocenters. The van der Waals surface area contributed by atoms with Gasteiger partial charge in [-0.05, 0) is 36.6 Å². The van der Waals surface area contributed by atoms with E-state index in [-0.39, 0.29) is 0 Å². The summed E-state index contributed by atoms with van der Waals surface area (Å²) >= 11 is 0. The van der Waals surface area contributed by atoms with Gasteiger partial charge in [0.1, 0.15) is 5.75 Å². The highest BCUT2D eigenvalue weighted by molar-refractivity contribution is 5.47. The fourth-order valence-electron chi connectivity index (χ4n) is 2.20. The summed E-state index contributed by atoms with van der Waals surface area (Å²) in [7, 11) is 1.63. The van der Waals surface area contributed by atoms with Gasteiger partial charge in [-0.3, -0.25) is 0 Å². The van der Waals surface area contributed by atoms with Crippen molar-refractivity contribution in [2.45, 2.75) is 32.8 Å². The molecule has 2 rings (SSSR count). The molecule has 21 heavy (non-hydrogen) atoms. The van der Waals surface area contributed by atoms with Crippen molar-refractivity contribution in [2.75, 3.05) is 7.11 Å². The second-order valence-corrected chi connectivity index (χ2v) is 4.90. The van der Waals surface area contributed by atoms with Crippen molar-refractivity contribution in [1.82, 2.24) is 0 Å². The van der Waals surface area contributed by atoms with E-state index in [0.29, 0.717) is 23.7 Å². The topological polar surface area (TPSA) is 38.7 Å². The number of rotatable bonds is 6. The van der Waals surface area contributed by atoms with Gasteiger partial charge in [-0.15, -0.1) is 0 Å². The number of hydrogen-bond donors (Lipinski definition) is 1. The summed E-state index contributed by atoms with van der Waals surface area (Å²) in [4.78, 5) is 0. The van der Waals surface area contributed by atoms with Crippen LogP contribution in [0.3, 0.4) is 0 Å². The van der Waals surface area contributed by atoms with Gasteiger partial charge >= 0.3 is 0 Å². The first kappa shape index (κ1) is 15.4. The first-order valence-corrected chi connectivity index (χ1v) is 7.31. The summed E-state index contributed by atoms with van der Waals surface area (Å²) in [6.07, 6.45) is 1.07. The molecule has 0 aliphatic rings. The molecule has 1 atom stereocenters. The van der Waals surface area contributed by atoms with Crippen molar-refractivity contribution in [2.24, 2.45) is 0 Å². The van der Waals surface area contributed by atoms with E-state index >= 15 is 0 Å². The average Bonchev–Trinajstić information content (AvgIpc) is 2.55. The fraction of sp³-hybridized carbons (Fsp3) is 0.333. The molecule has 2 aromatic carbocycles. The summed E-state index contributed by atoms with van der Waals surface area (Å²) in [6.45, 7) is 4.04. The molecule has 1 N–H and O–H groups in total. The predicted molar refractivity (Wildman–Crippen MR) is 84.1 cm³/mol. The minimum atomic E-state index is -0.526. The van der Waals surface area contributed by atoms with Crippen LogP contribution in [-0.2, 0) is 6.42 Å². The molecule has 0 bridgehead atoms. The van der Waals surface area contributed by atoms with Crippen molar-refractivity contribution in [1.29, 1.82) is 0 Å². The monoisotopic (exact) mass is 286 g/mol. The first-order valence-electron chi connectivity index (χ1n) is 7.31. The van der Waals surface area contributed by atoms with E-state index < -0.39 is 6.10 Å². The molecule has 0 aromatic heterocycles. The Kier molecular flexibility index (Phi) is 5.23. The van der Waals surface area contributed by atoms with Crippen LogP contribution in [0.15, 0.2) is 42.5 Å². The third-order valence-corrected chi connectivity index (χ3v) is 3.52. The van der Waals surface area contributed by atoms with Gasteiger partial charge in [0.2, 0.25) is 0 Å². The van der Waals surface area contributed by atoms with Crippen molar-refractivity contribution in [3.8, 4) is 17.2 Å². The molecule has 0 spiro atoms. The van der Waals surface area contributed by atoms with Crippen molar-refractivity contribution < 1.29 is 14.6 Å². The molecule has 0 saturated carbocycles. The highest BCUT2D eigenvalue weighted by Crippen LogP contribution is 2.36. The van der Waals surface area contributed by atoms with Crippen LogP contribution in [0.5, 0.6) is 17.2 Å². The lowest BCUT2D eigenvalue weighted by molar-refractivity contribution is 0.170. The molecule has 2 aromatic rings. The fourth-order valence-corrected chi connectivity index (χ4v) is 2.20. The summed E-state index contributed by atoms with van der Waals surface area (Å²) in [5.74, 6) is 2.02. The second kappa shape index (κ2) is 7.14. The van der Waals surface area contributed by atoms with E-state index in [0.717, 1.165) is 12.0 Å². The Morgan fingerprint density at radius 3 is 2.43 bits per heavy atom. The van der Waals surface area contributed by atoms with Gasteiger partial charge in [-0.2, -0.15) is 0 Å². The van der Waals surface area contributed by atoms with Gasteiger partial charge in [0.25, 0.3) is 0 Å². The zero-order chi connectivity index (χ0) is 15.2. The van der Waals surface area contributed by atoms with Crippen molar-refractivity contribution in [3.63, 3.8) is 0 Å². The number of para-hydroxylation sites is 1. The predicted octanol–water partition coefficient (Wildman–Crippen LogP) is 4.49. The first-order chi connectivity index (χ1) is 10.2. The molecule has 0 fully saturated rings. The van der Waals surface area contributed by atoms with E-state index in [1.54, 1.807) is 7.11 Å². The largest absolute Gasteiger partial charge is 0.493 e. The number of aliphatic hydroxyl groups excluding tert-OH is 1. The lowest BCUT2D eigenvalue weighted by Crippen LogP contribution is -1.99. The maximum atomic E-state index is 10.1. The Morgan fingerprint density at radius 1 is 1.00 bits per heavy atom. The standard InChI is InChI=1S/C18H22O3/c1-4-13-10-11-17(18(12-13)20-3)21-16-9-7-6-8-14(16)15(19)5-2/h6-12,15,19H,4-5H2,1-3H3. The quantitative estimate of drug-likeness (QED) is 0.850. The molecule has 0 amide bonds. The van der Waals surface area contributed by atoms with Crippen LogP contribution in [0.4, 0.5) is 0 Å². The third-order valence-electron chi connectivity index (χ3n) is 3.52. The number of hydrogen-bond acceptors (Lipinski definition) is 3. The van der Waals surface area contributed by atoms with E-state index in [4.69, 9.17) is 9.47 Å². The molecule has 0 radical (unpaired) electrons. The zero-order valence-electron chi connectivity index (χ0n) is 12.8. The molecular formula is C18H22O3. The van der Waals surface area contributed by atoms with E-state index in [1.165, 1.54) is 5.56 Å². The maximum absolute atomic E-state index is 10.1. The van der Waals surface area contributed by atoms with Gasteiger partial charge in [-0.25, -0.2) is 0 Å². The minimum absolute atomic E-state index is 0.526. The Labute approximate surface area is 126 Å². The van der Waals surface area contributed by atoms with Gasteiger partial charge < -0.3 is 14.6 Å². The minimum Gasteiger partial charge on any atom is -0.493 e. The van der Waals surface area contributed by atoms with Crippen LogP contribution in [0, 0.1) is 0 Å². The summed E-state index contributed by atoms with van der Waals surface area (Å²) in [5.41, 5.74) is 1.99. The van der Waals surface area contributed by atoms with E-state index in [1.807, 2.05) is 49.4 Å². The second-order valence-electron chi connectivity index (χ2n) is 4.90. The molecule has 112 valence electrons. The van der Waals surface area contributed by atoms with Gasteiger partial charge in [-0.1, -0.05) is 38.1 Å². The molecule has 0 saturated heterocycles. The summed E-state index contributed by atoms with van der Waals surface area (Å²) in [5, 5.41) is 10.1. The molecular weight excluding hydrogens is 264 g/mol. The number of methoxy groups -OCH3 is 1. The lowest BCUT2D eigenvalue weighted by Gasteiger charge is -2.16. The molecule has 3 nitrogen and oxygen atoms in total. The normalized spacial score (nSPS) is 12.0. The average molecular weight is 286 g/mol. The third kappa shape index (κ3) is 3.56. The van der Waals surface area contributed by atoms with Crippen LogP contribution in [-0.4, -0.2) is 12.2 Å². The molecule has 0 aliphatic carbocycles. The van der Waals surface area contributed by atoms with Crippen LogP contribution >= 0.6 is 0 Å². The SMILES string of the molecule is CCc1ccc(Oc2ccccc2C(O)CC)c(OC)c1. The van der Waals surface area contributed by atoms with Crippen molar-refractivity contribution in [3.05, 3.63) is 53.6 Å². The lowest BCUT2D eigenvalue weighted by atomic mass is 10.1. The smallest absolute Gasteiger partial charge is 0.169 e. The number of aryl methyl sites for hydroxylation is 1. The number of aliphatic hydroxyl groups is 1. The molecule has 3 heteroatoms. The summed E-state index contributed by atoms with van der Waals surface area (Å²) in [6, 6.07) is 13.5. The number of benzene rings is 2. The van der Waals surface area contributed by atoms with Gasteiger partial charge in [0.15, 0.2) is 11.5 Å². The van der Waals surface area contributed by atoms with Gasteiger partial charge in [0.05, 0.1) is 13.2 Å². The Morgan fingerprint density at radius 2 is 1.76 bits per heavy atom. The van der Waals surface area contributed by atoms with Crippen LogP contribution < -0.4 is 9.47 Å². The Hall–Kier alpha value is -2.00.